The number of rotatable bonds is 3. The topological polar surface area (TPSA) is 104 Å². The third kappa shape index (κ3) is 5.04. The molecule has 228 valence electrons. The molecule has 2 aliphatic heterocycles. The first kappa shape index (κ1) is 29.6. The number of aromatic nitrogens is 4. The number of fused-ring (bicyclic) bond motifs is 5. The van der Waals surface area contributed by atoms with E-state index in [-0.39, 0.29) is 58.8 Å². The fraction of sp³-hybridized carbons (Fsp3) is 0.364. The summed E-state index contributed by atoms with van der Waals surface area (Å²) in [5.74, 6) is -1.50. The van der Waals surface area contributed by atoms with Gasteiger partial charge in [-0.25, -0.2) is 23.1 Å². The summed E-state index contributed by atoms with van der Waals surface area (Å²) in [6.45, 7) is 10.4. The molecule has 0 aliphatic carbocycles. The second kappa shape index (κ2) is 11.5. The first-order valence-corrected chi connectivity index (χ1v) is 14.8. The molecule has 11 heteroatoms. The van der Waals surface area contributed by atoms with Crippen LogP contribution in [-0.2, 0) is 17.6 Å². The highest BCUT2D eigenvalue weighted by Gasteiger charge is 2.31. The Balaban J connectivity index is 1.69. The first-order chi connectivity index (χ1) is 21.1. The number of amides is 1. The lowest BCUT2D eigenvalue weighted by Crippen LogP contribution is -2.54. The van der Waals surface area contributed by atoms with Crippen LogP contribution in [0.3, 0.4) is 0 Å². The molecule has 2 aliphatic rings. The number of aliphatic hydroxyl groups excluding tert-OH is 1. The van der Waals surface area contributed by atoms with E-state index in [0.717, 1.165) is 0 Å². The number of anilines is 1. The van der Waals surface area contributed by atoms with Gasteiger partial charge in [0.05, 0.1) is 22.9 Å². The Morgan fingerprint density at radius 1 is 1.14 bits per heavy atom. The van der Waals surface area contributed by atoms with E-state index in [1.807, 2.05) is 25.7 Å². The number of hydrogen-bond acceptors (Lipinski definition) is 7. The molecule has 2 bridgehead atoms. The van der Waals surface area contributed by atoms with Crippen LogP contribution in [0, 0.1) is 11.6 Å². The molecule has 4 aromatic rings. The molecule has 6 rings (SSSR count). The summed E-state index contributed by atoms with van der Waals surface area (Å²) in [5.41, 5.74) is 1.42. The maximum absolute atomic E-state index is 16.2. The first-order valence-electron chi connectivity index (χ1n) is 14.8. The second-order valence-electron chi connectivity index (χ2n) is 11.8. The highest BCUT2D eigenvalue weighted by atomic mass is 19.1. The van der Waals surface area contributed by atoms with Crippen molar-refractivity contribution in [3.8, 4) is 16.9 Å². The van der Waals surface area contributed by atoms with Gasteiger partial charge in [-0.05, 0) is 61.1 Å². The SMILES string of the molecule is C=CC(=O)N1CCN(c2nc(=O)n3c4nc(c(F)cc24)-c2c(F)cccc2CC[C@@H](O)Cc2ccnc(C(C)C)c2-3)[C@@H](C)C1. The number of pyridine rings is 2. The second-order valence-corrected chi connectivity index (χ2v) is 11.8. The van der Waals surface area contributed by atoms with Crippen molar-refractivity contribution >= 4 is 22.8 Å². The van der Waals surface area contributed by atoms with Crippen LogP contribution in [0.15, 0.2) is 54.0 Å². The predicted molar refractivity (Wildman–Crippen MR) is 164 cm³/mol. The van der Waals surface area contributed by atoms with Gasteiger partial charge in [0.25, 0.3) is 0 Å². The van der Waals surface area contributed by atoms with Gasteiger partial charge in [0, 0.05) is 43.9 Å². The quantitative estimate of drug-likeness (QED) is 0.350. The Labute approximate surface area is 253 Å². The van der Waals surface area contributed by atoms with Crippen molar-refractivity contribution in [2.24, 2.45) is 0 Å². The van der Waals surface area contributed by atoms with Crippen LogP contribution >= 0.6 is 0 Å². The molecule has 0 spiro atoms. The molecule has 1 saturated heterocycles. The predicted octanol–water partition coefficient (Wildman–Crippen LogP) is 4.32. The number of aliphatic hydroxyl groups is 1. The highest BCUT2D eigenvalue weighted by Crippen LogP contribution is 2.36. The summed E-state index contributed by atoms with van der Waals surface area (Å²) in [6.07, 6.45) is 2.88. The van der Waals surface area contributed by atoms with Gasteiger partial charge in [0.1, 0.15) is 23.1 Å². The molecular weight excluding hydrogens is 566 g/mol. The Morgan fingerprint density at radius 2 is 1.93 bits per heavy atom. The molecule has 1 N–H and O–H groups in total. The van der Waals surface area contributed by atoms with Crippen molar-refractivity contribution < 1.29 is 18.7 Å². The fourth-order valence-corrected chi connectivity index (χ4v) is 6.38. The average molecular weight is 601 g/mol. The number of aryl methyl sites for hydroxylation is 1. The zero-order valence-electron chi connectivity index (χ0n) is 24.9. The van der Waals surface area contributed by atoms with Crippen LogP contribution < -0.4 is 10.6 Å². The maximum Gasteiger partial charge on any atom is 0.355 e. The zero-order chi connectivity index (χ0) is 31.3. The molecule has 0 radical (unpaired) electrons. The molecule has 1 amide bonds. The normalized spacial score (nSPS) is 18.5. The third-order valence-corrected chi connectivity index (χ3v) is 8.53. The Kier molecular flexibility index (Phi) is 7.75. The lowest BCUT2D eigenvalue weighted by Gasteiger charge is -2.40. The van der Waals surface area contributed by atoms with Gasteiger partial charge in [0.15, 0.2) is 5.65 Å². The van der Waals surface area contributed by atoms with Gasteiger partial charge in [-0.3, -0.25) is 9.78 Å². The molecule has 9 nitrogen and oxygen atoms in total. The van der Waals surface area contributed by atoms with Gasteiger partial charge in [-0.2, -0.15) is 4.98 Å². The van der Waals surface area contributed by atoms with E-state index in [0.29, 0.717) is 48.6 Å². The van der Waals surface area contributed by atoms with Crippen LogP contribution in [0.4, 0.5) is 14.6 Å². The molecule has 0 unspecified atom stereocenters. The fourth-order valence-electron chi connectivity index (χ4n) is 6.38. The molecule has 0 saturated carbocycles. The van der Waals surface area contributed by atoms with Gasteiger partial charge in [0.2, 0.25) is 5.91 Å². The summed E-state index contributed by atoms with van der Waals surface area (Å²) >= 11 is 0. The molecular formula is C33H34F2N6O3. The Morgan fingerprint density at radius 3 is 2.66 bits per heavy atom. The third-order valence-electron chi connectivity index (χ3n) is 8.53. The van der Waals surface area contributed by atoms with E-state index in [9.17, 15) is 14.7 Å². The highest BCUT2D eigenvalue weighted by molar-refractivity contribution is 5.91. The van der Waals surface area contributed by atoms with Crippen LogP contribution in [0.2, 0.25) is 0 Å². The average Bonchev–Trinajstić information content (AvgIpc) is 2.99. The van der Waals surface area contributed by atoms with Crippen molar-refractivity contribution in [2.45, 2.75) is 58.1 Å². The minimum absolute atomic E-state index is 0.00236. The number of benzene rings is 1. The minimum atomic E-state index is -0.822. The van der Waals surface area contributed by atoms with E-state index in [1.165, 1.54) is 22.8 Å². The van der Waals surface area contributed by atoms with Crippen LogP contribution in [-0.4, -0.2) is 67.2 Å². The van der Waals surface area contributed by atoms with E-state index in [1.54, 1.807) is 29.3 Å². The maximum atomic E-state index is 16.2. The van der Waals surface area contributed by atoms with Crippen molar-refractivity contribution in [3.05, 3.63) is 88.1 Å². The van der Waals surface area contributed by atoms with Gasteiger partial charge < -0.3 is 14.9 Å². The summed E-state index contributed by atoms with van der Waals surface area (Å²) in [6, 6.07) is 7.27. The summed E-state index contributed by atoms with van der Waals surface area (Å²) in [4.78, 5) is 43.8. The molecule has 44 heavy (non-hydrogen) atoms. The number of piperazine rings is 1. The van der Waals surface area contributed by atoms with E-state index in [4.69, 9.17) is 4.98 Å². The minimum Gasteiger partial charge on any atom is -0.393 e. The number of carbonyl (C=O) groups is 1. The van der Waals surface area contributed by atoms with Crippen molar-refractivity contribution in [1.82, 2.24) is 24.4 Å². The van der Waals surface area contributed by atoms with Gasteiger partial charge >= 0.3 is 5.69 Å². The molecule has 1 fully saturated rings. The van der Waals surface area contributed by atoms with E-state index >= 15 is 8.78 Å². The van der Waals surface area contributed by atoms with Crippen molar-refractivity contribution in [2.75, 3.05) is 24.5 Å². The Bertz CT molecular complexity index is 1860. The van der Waals surface area contributed by atoms with Crippen LogP contribution in [0.25, 0.3) is 28.0 Å². The largest absolute Gasteiger partial charge is 0.393 e. The lowest BCUT2D eigenvalue weighted by atomic mass is 9.94. The van der Waals surface area contributed by atoms with Crippen molar-refractivity contribution in [3.63, 3.8) is 0 Å². The number of carbonyl (C=O) groups excluding carboxylic acids is 1. The van der Waals surface area contributed by atoms with Gasteiger partial charge in [-0.1, -0.05) is 32.6 Å². The summed E-state index contributed by atoms with van der Waals surface area (Å²) < 4.78 is 33.0. The molecule has 3 aromatic heterocycles. The standard InChI is InChI=1S/C33H34F2N6O3/c1-5-26(43)39-13-14-40(19(4)17-39)31-23-16-25(35)29-27-20(7-6-8-24(27)34)9-10-22(42)15-21-11-12-36-28(18(2)3)30(21)41(32(23)37-29)33(44)38-31/h5-8,11-12,16,18-19,22,42H,1,9-10,13-15,17H2,2-4H3/t19-,22+/m0/s1. The summed E-state index contributed by atoms with van der Waals surface area (Å²) in [5, 5.41) is 11.4. The van der Waals surface area contributed by atoms with Gasteiger partial charge in [-0.15, -0.1) is 0 Å². The Hall–Kier alpha value is -4.51. The smallest absolute Gasteiger partial charge is 0.355 e. The monoisotopic (exact) mass is 600 g/mol. The van der Waals surface area contributed by atoms with E-state index in [2.05, 4.69) is 16.5 Å². The van der Waals surface area contributed by atoms with Crippen LogP contribution in [0.1, 0.15) is 49.9 Å². The zero-order valence-corrected chi connectivity index (χ0v) is 24.9. The van der Waals surface area contributed by atoms with Crippen LogP contribution in [0.5, 0.6) is 0 Å². The summed E-state index contributed by atoms with van der Waals surface area (Å²) in [7, 11) is 0. The molecule has 5 heterocycles. The number of halogens is 2. The van der Waals surface area contributed by atoms with Crippen molar-refractivity contribution in [1.29, 1.82) is 0 Å². The van der Waals surface area contributed by atoms with E-state index < -0.39 is 23.4 Å². The lowest BCUT2D eigenvalue weighted by molar-refractivity contribution is -0.126. The number of hydrogen-bond donors (Lipinski definition) is 1. The number of nitrogens with zero attached hydrogens (tertiary/aromatic N) is 6. The molecule has 1 aromatic carbocycles. The molecule has 2 atom stereocenters.